The van der Waals surface area contributed by atoms with Crippen LogP contribution in [0.3, 0.4) is 0 Å². The Balaban J connectivity index is 1.76. The summed E-state index contributed by atoms with van der Waals surface area (Å²) in [5.41, 5.74) is 2.35. The van der Waals surface area contributed by atoms with Crippen LogP contribution in [0.1, 0.15) is 34.6 Å². The molecule has 1 aromatic heterocycles. The molecular formula is C18H20FN3O4. The van der Waals surface area contributed by atoms with Crippen molar-refractivity contribution in [2.45, 2.75) is 26.7 Å². The average molecular weight is 361 g/mol. The van der Waals surface area contributed by atoms with Gasteiger partial charge in [0.05, 0.1) is 23.5 Å². The predicted molar refractivity (Wildman–Crippen MR) is 92.2 cm³/mol. The van der Waals surface area contributed by atoms with E-state index in [4.69, 9.17) is 4.74 Å². The molecule has 1 aromatic carbocycles. The van der Waals surface area contributed by atoms with Gasteiger partial charge in [-0.3, -0.25) is 19.1 Å². The van der Waals surface area contributed by atoms with Gasteiger partial charge in [0.25, 0.3) is 5.91 Å². The van der Waals surface area contributed by atoms with Crippen LogP contribution < -0.4 is 5.32 Å². The molecule has 2 rings (SSSR count). The number of Topliss-reactive ketones (excluding diaryl/α,β-unsaturated/α-hetero) is 1. The molecule has 0 aliphatic carbocycles. The van der Waals surface area contributed by atoms with E-state index in [2.05, 4.69) is 10.4 Å². The number of nitrogens with one attached hydrogen (secondary N) is 1. The van der Waals surface area contributed by atoms with E-state index in [1.54, 1.807) is 18.7 Å². The standard InChI is InChI=1S/C18H20FN3O4/c1-11-18(12(2)22(3)21-11)20-16(24)10-26-17(25)9-8-15(23)13-4-6-14(19)7-5-13/h4-7H,8-10H2,1-3H3,(H,20,24). The van der Waals surface area contributed by atoms with Crippen LogP contribution in [0.15, 0.2) is 24.3 Å². The molecule has 2 aromatic rings. The van der Waals surface area contributed by atoms with Gasteiger partial charge in [0.2, 0.25) is 0 Å². The van der Waals surface area contributed by atoms with Gasteiger partial charge in [0.15, 0.2) is 12.4 Å². The van der Waals surface area contributed by atoms with E-state index in [0.29, 0.717) is 16.9 Å². The van der Waals surface area contributed by atoms with Gasteiger partial charge in [-0.15, -0.1) is 0 Å². The van der Waals surface area contributed by atoms with Crippen LogP contribution in [0.25, 0.3) is 0 Å². The highest BCUT2D eigenvalue weighted by molar-refractivity contribution is 5.98. The number of benzene rings is 1. The fourth-order valence-corrected chi connectivity index (χ4v) is 2.34. The highest BCUT2D eigenvalue weighted by Crippen LogP contribution is 2.18. The average Bonchev–Trinajstić information content (AvgIpc) is 2.84. The van der Waals surface area contributed by atoms with Crippen LogP contribution in [0, 0.1) is 19.7 Å². The molecule has 0 saturated carbocycles. The number of hydrogen-bond acceptors (Lipinski definition) is 5. The SMILES string of the molecule is Cc1nn(C)c(C)c1NC(=O)COC(=O)CCC(=O)c1ccc(F)cc1. The van der Waals surface area contributed by atoms with E-state index >= 15 is 0 Å². The first-order valence-corrected chi connectivity index (χ1v) is 8.02. The summed E-state index contributed by atoms with van der Waals surface area (Å²) in [6.45, 7) is 3.12. The minimum absolute atomic E-state index is 0.0765. The summed E-state index contributed by atoms with van der Waals surface area (Å²) < 4.78 is 19.3. The fourth-order valence-electron chi connectivity index (χ4n) is 2.34. The van der Waals surface area contributed by atoms with E-state index in [9.17, 15) is 18.8 Å². The van der Waals surface area contributed by atoms with Crippen LogP contribution in [0.4, 0.5) is 10.1 Å². The number of esters is 1. The van der Waals surface area contributed by atoms with Crippen molar-refractivity contribution < 1.29 is 23.5 Å². The zero-order chi connectivity index (χ0) is 19.3. The van der Waals surface area contributed by atoms with E-state index in [0.717, 1.165) is 5.69 Å². The van der Waals surface area contributed by atoms with Gasteiger partial charge < -0.3 is 10.1 Å². The Labute approximate surface area is 150 Å². The van der Waals surface area contributed by atoms with Gasteiger partial charge in [-0.2, -0.15) is 5.10 Å². The van der Waals surface area contributed by atoms with Crippen molar-refractivity contribution >= 4 is 23.3 Å². The van der Waals surface area contributed by atoms with Crippen LogP contribution in [-0.2, 0) is 21.4 Å². The Kier molecular flexibility index (Phi) is 6.21. The molecule has 0 spiro atoms. The van der Waals surface area contributed by atoms with Crippen molar-refractivity contribution in [1.82, 2.24) is 9.78 Å². The molecule has 0 fully saturated rings. The van der Waals surface area contributed by atoms with Crippen molar-refractivity contribution in [2.75, 3.05) is 11.9 Å². The number of nitrogens with zero attached hydrogens (tertiary/aromatic N) is 2. The Morgan fingerprint density at radius 1 is 1.15 bits per heavy atom. The first-order valence-electron chi connectivity index (χ1n) is 8.02. The van der Waals surface area contributed by atoms with Gasteiger partial charge in [-0.1, -0.05) is 0 Å². The van der Waals surface area contributed by atoms with Crippen molar-refractivity contribution in [2.24, 2.45) is 7.05 Å². The maximum atomic E-state index is 12.8. The number of ether oxygens (including phenoxy) is 1. The molecule has 8 heteroatoms. The number of halogens is 1. The molecule has 0 bridgehead atoms. The normalized spacial score (nSPS) is 10.5. The summed E-state index contributed by atoms with van der Waals surface area (Å²) in [7, 11) is 1.76. The van der Waals surface area contributed by atoms with Gasteiger partial charge >= 0.3 is 5.97 Å². The number of rotatable bonds is 7. The fraction of sp³-hybridized carbons (Fsp3) is 0.333. The molecule has 0 atom stereocenters. The van der Waals surface area contributed by atoms with Crippen molar-refractivity contribution in [1.29, 1.82) is 0 Å². The van der Waals surface area contributed by atoms with E-state index < -0.39 is 24.3 Å². The Hall–Kier alpha value is -3.03. The summed E-state index contributed by atoms with van der Waals surface area (Å²) >= 11 is 0. The topological polar surface area (TPSA) is 90.3 Å². The van der Waals surface area contributed by atoms with E-state index in [1.807, 2.05) is 6.92 Å². The van der Waals surface area contributed by atoms with Crippen LogP contribution in [-0.4, -0.2) is 34.0 Å². The summed E-state index contributed by atoms with van der Waals surface area (Å²) in [5.74, 6) is -1.88. The second-order valence-corrected chi connectivity index (χ2v) is 5.81. The molecule has 0 unspecified atom stereocenters. The summed E-state index contributed by atoms with van der Waals surface area (Å²) in [5, 5.41) is 6.82. The highest BCUT2D eigenvalue weighted by atomic mass is 19.1. The molecule has 26 heavy (non-hydrogen) atoms. The van der Waals surface area contributed by atoms with Gasteiger partial charge in [-0.05, 0) is 38.1 Å². The number of hydrogen-bond donors (Lipinski definition) is 1. The van der Waals surface area contributed by atoms with E-state index in [-0.39, 0.29) is 18.6 Å². The van der Waals surface area contributed by atoms with Crippen LogP contribution >= 0.6 is 0 Å². The molecule has 7 nitrogen and oxygen atoms in total. The molecular weight excluding hydrogens is 341 g/mol. The maximum Gasteiger partial charge on any atom is 0.306 e. The number of aromatic nitrogens is 2. The van der Waals surface area contributed by atoms with Gasteiger partial charge in [0.1, 0.15) is 5.82 Å². The number of ketones is 1. The molecule has 0 saturated heterocycles. The minimum Gasteiger partial charge on any atom is -0.456 e. The Morgan fingerprint density at radius 2 is 1.81 bits per heavy atom. The number of amides is 1. The lowest BCUT2D eigenvalue weighted by Crippen LogP contribution is -2.21. The minimum atomic E-state index is -0.657. The number of carbonyl (C=O) groups excluding carboxylic acids is 3. The first kappa shape index (κ1) is 19.3. The molecule has 0 aliphatic rings. The van der Waals surface area contributed by atoms with Crippen molar-refractivity contribution in [3.63, 3.8) is 0 Å². The largest absolute Gasteiger partial charge is 0.456 e. The number of carbonyl (C=O) groups is 3. The number of aryl methyl sites for hydroxylation is 2. The summed E-state index contributed by atoms with van der Waals surface area (Å²) in [6.07, 6.45) is -0.235. The lowest BCUT2D eigenvalue weighted by Gasteiger charge is -2.07. The smallest absolute Gasteiger partial charge is 0.306 e. The predicted octanol–water partition coefficient (Wildman–Crippen LogP) is 2.32. The Morgan fingerprint density at radius 3 is 2.38 bits per heavy atom. The summed E-state index contributed by atoms with van der Waals surface area (Å²) in [4.78, 5) is 35.5. The summed E-state index contributed by atoms with van der Waals surface area (Å²) in [6, 6.07) is 5.07. The van der Waals surface area contributed by atoms with E-state index in [1.165, 1.54) is 24.3 Å². The zero-order valence-electron chi connectivity index (χ0n) is 14.8. The quantitative estimate of drug-likeness (QED) is 0.604. The second kappa shape index (κ2) is 8.37. The van der Waals surface area contributed by atoms with Crippen LogP contribution in [0.2, 0.25) is 0 Å². The third-order valence-corrected chi connectivity index (χ3v) is 3.86. The number of anilines is 1. The lowest BCUT2D eigenvalue weighted by atomic mass is 10.1. The molecule has 0 radical (unpaired) electrons. The maximum absolute atomic E-state index is 12.8. The van der Waals surface area contributed by atoms with Gasteiger partial charge in [-0.25, -0.2) is 4.39 Å². The third kappa shape index (κ3) is 4.98. The molecule has 1 amide bonds. The second-order valence-electron chi connectivity index (χ2n) is 5.81. The monoisotopic (exact) mass is 361 g/mol. The Bertz CT molecular complexity index is 828. The lowest BCUT2D eigenvalue weighted by molar-refractivity contribution is -0.147. The van der Waals surface area contributed by atoms with Crippen molar-refractivity contribution in [3.8, 4) is 0 Å². The molecule has 0 aliphatic heterocycles. The first-order chi connectivity index (χ1) is 12.3. The highest BCUT2D eigenvalue weighted by Gasteiger charge is 2.15. The zero-order valence-corrected chi connectivity index (χ0v) is 14.8. The third-order valence-electron chi connectivity index (χ3n) is 3.86. The van der Waals surface area contributed by atoms with Crippen molar-refractivity contribution in [3.05, 3.63) is 47.0 Å². The molecule has 1 heterocycles. The van der Waals surface area contributed by atoms with Crippen LogP contribution in [0.5, 0.6) is 0 Å². The molecule has 1 N–H and O–H groups in total. The molecule has 138 valence electrons. The van der Waals surface area contributed by atoms with Gasteiger partial charge in [0, 0.05) is 19.0 Å².